The molecule has 0 amide bonds. The fourth-order valence-corrected chi connectivity index (χ4v) is 5.87. The van der Waals surface area contributed by atoms with Crippen molar-refractivity contribution in [2.75, 3.05) is 0 Å². The summed E-state index contributed by atoms with van der Waals surface area (Å²) in [5.74, 6) is 7.57. The molecule has 2 aliphatic carbocycles. The van der Waals surface area contributed by atoms with Crippen LogP contribution in [0, 0.1) is 47.3 Å². The summed E-state index contributed by atoms with van der Waals surface area (Å²) >= 11 is 0. The molecular weight excluding hydrogens is 355 g/mol. The summed E-state index contributed by atoms with van der Waals surface area (Å²) in [6.45, 7) is 14.7. The minimum atomic E-state index is 0. The van der Waals surface area contributed by atoms with E-state index in [0.29, 0.717) is 0 Å². The third kappa shape index (κ3) is 6.37. The van der Waals surface area contributed by atoms with Crippen molar-refractivity contribution < 1.29 is 17.0 Å². The van der Waals surface area contributed by atoms with Gasteiger partial charge in [0.05, 0.1) is 0 Å². The quantitative estimate of drug-likeness (QED) is 0.596. The van der Waals surface area contributed by atoms with Crippen molar-refractivity contribution in [1.82, 2.24) is 0 Å². The van der Waals surface area contributed by atoms with Crippen molar-refractivity contribution in [1.29, 1.82) is 0 Å². The largest absolute Gasteiger partial charge is 1.00 e. The first-order valence-electron chi connectivity index (χ1n) is 10.7. The first-order chi connectivity index (χ1) is 10.9. The molecule has 0 unspecified atom stereocenters. The molecule has 0 saturated heterocycles. The summed E-state index contributed by atoms with van der Waals surface area (Å²) in [6, 6.07) is 0. The summed E-state index contributed by atoms with van der Waals surface area (Å²) < 4.78 is 0. The molecule has 2 rings (SSSR count). The Morgan fingerprint density at radius 2 is 1.08 bits per heavy atom. The second-order valence-electron chi connectivity index (χ2n) is 9.93. The molecule has 140 valence electrons. The molecule has 0 heterocycles. The average Bonchev–Trinajstić information content (AvgIpc) is 2.46. The third-order valence-electron chi connectivity index (χ3n) is 7.26. The van der Waals surface area contributed by atoms with Gasteiger partial charge in [-0.05, 0) is 0 Å². The molecule has 0 radical (unpaired) electrons. The number of halogens is 1. The van der Waals surface area contributed by atoms with Crippen LogP contribution in [0.2, 0.25) is 12.6 Å². The van der Waals surface area contributed by atoms with Crippen LogP contribution in [0.1, 0.15) is 80.1 Å². The molecule has 0 aromatic carbocycles. The van der Waals surface area contributed by atoms with Crippen LogP contribution in [0.3, 0.4) is 0 Å². The maximum absolute atomic E-state index is 2.72. The SMILES string of the molecule is CC(C)[C@@H]1CC[C@@H](C)C[C@@H]1C[B+]C[C@H]1C[C@H](C)CC[C@H]1C(C)C.[Br-]. The predicted octanol–water partition coefficient (Wildman–Crippen LogP) is 3.95. The van der Waals surface area contributed by atoms with Gasteiger partial charge in [0, 0.05) is 0 Å². The molecular formula is C22H42BBr. The summed E-state index contributed by atoms with van der Waals surface area (Å²) in [5.41, 5.74) is 0. The van der Waals surface area contributed by atoms with Crippen molar-refractivity contribution in [2.24, 2.45) is 47.3 Å². The first-order valence-corrected chi connectivity index (χ1v) is 10.7. The Balaban J connectivity index is 0.00000288. The van der Waals surface area contributed by atoms with Crippen LogP contribution in [0.25, 0.3) is 0 Å². The number of hydrogen-bond donors (Lipinski definition) is 0. The Kier molecular flexibility index (Phi) is 10.0. The van der Waals surface area contributed by atoms with Gasteiger partial charge in [-0.25, -0.2) is 0 Å². The van der Waals surface area contributed by atoms with Crippen LogP contribution in [0.15, 0.2) is 0 Å². The minimum Gasteiger partial charge on any atom is -1.00 e. The van der Waals surface area contributed by atoms with Gasteiger partial charge in [-0.2, -0.15) is 0 Å². The molecule has 6 atom stereocenters. The van der Waals surface area contributed by atoms with Gasteiger partial charge in [-0.1, -0.05) is 0 Å². The van der Waals surface area contributed by atoms with Gasteiger partial charge in [0.25, 0.3) is 0 Å². The Hall–Kier alpha value is 0.545. The second-order valence-corrected chi connectivity index (χ2v) is 9.93. The van der Waals surface area contributed by atoms with Gasteiger partial charge in [0.15, 0.2) is 0 Å². The smallest absolute Gasteiger partial charge is 1.00 e. The minimum absolute atomic E-state index is 0. The van der Waals surface area contributed by atoms with Crippen LogP contribution < -0.4 is 17.0 Å². The van der Waals surface area contributed by atoms with Crippen LogP contribution in [-0.2, 0) is 0 Å². The van der Waals surface area contributed by atoms with E-state index in [1.807, 2.05) is 0 Å². The predicted molar refractivity (Wildman–Crippen MR) is 105 cm³/mol. The maximum atomic E-state index is 2.72. The van der Waals surface area contributed by atoms with Crippen LogP contribution in [0.4, 0.5) is 0 Å². The summed E-state index contributed by atoms with van der Waals surface area (Å²) in [7, 11) is 2.72. The van der Waals surface area contributed by atoms with E-state index in [9.17, 15) is 0 Å². The van der Waals surface area contributed by atoms with Gasteiger partial charge in [-0.3, -0.25) is 0 Å². The average molecular weight is 397 g/mol. The van der Waals surface area contributed by atoms with E-state index in [0.717, 1.165) is 47.3 Å². The van der Waals surface area contributed by atoms with E-state index in [-0.39, 0.29) is 17.0 Å². The fourth-order valence-electron chi connectivity index (χ4n) is 5.87. The van der Waals surface area contributed by atoms with E-state index in [1.54, 1.807) is 0 Å². The van der Waals surface area contributed by atoms with Crippen molar-refractivity contribution >= 4 is 7.28 Å². The molecule has 0 aromatic rings. The zero-order valence-corrected chi connectivity index (χ0v) is 18.8. The number of hydrogen-bond acceptors (Lipinski definition) is 0. The fraction of sp³-hybridized carbons (Fsp3) is 1.00. The molecule has 0 aliphatic heterocycles. The normalized spacial score (nSPS) is 37.2. The van der Waals surface area contributed by atoms with Gasteiger partial charge >= 0.3 is 147 Å². The third-order valence-corrected chi connectivity index (χ3v) is 7.26. The van der Waals surface area contributed by atoms with Crippen molar-refractivity contribution in [3.05, 3.63) is 0 Å². The molecule has 0 aromatic heterocycles. The van der Waals surface area contributed by atoms with Gasteiger partial charge in [0.2, 0.25) is 0 Å². The number of rotatable bonds is 6. The molecule has 2 aliphatic rings. The molecule has 2 heteroatoms. The molecule has 0 nitrogen and oxygen atoms in total. The van der Waals surface area contributed by atoms with Crippen LogP contribution >= 0.6 is 0 Å². The summed E-state index contributed by atoms with van der Waals surface area (Å²) in [4.78, 5) is 0. The molecule has 2 saturated carbocycles. The summed E-state index contributed by atoms with van der Waals surface area (Å²) in [6.07, 6.45) is 11.6. The molecule has 0 N–H and O–H groups in total. The van der Waals surface area contributed by atoms with Gasteiger partial charge in [-0.15, -0.1) is 0 Å². The maximum Gasteiger partial charge on any atom is -1.00 e. The van der Waals surface area contributed by atoms with E-state index in [1.165, 1.54) is 51.2 Å². The van der Waals surface area contributed by atoms with E-state index >= 15 is 0 Å². The second kappa shape index (κ2) is 10.6. The molecule has 2 fully saturated rings. The van der Waals surface area contributed by atoms with Crippen molar-refractivity contribution in [3.8, 4) is 0 Å². The van der Waals surface area contributed by atoms with Crippen LogP contribution in [0.5, 0.6) is 0 Å². The van der Waals surface area contributed by atoms with E-state index in [4.69, 9.17) is 0 Å². The van der Waals surface area contributed by atoms with Crippen molar-refractivity contribution in [2.45, 2.75) is 92.7 Å². The Labute approximate surface area is 164 Å². The zero-order chi connectivity index (χ0) is 17.0. The van der Waals surface area contributed by atoms with Gasteiger partial charge < -0.3 is 17.0 Å². The monoisotopic (exact) mass is 396 g/mol. The molecule has 0 spiro atoms. The van der Waals surface area contributed by atoms with E-state index in [2.05, 4.69) is 48.8 Å². The summed E-state index contributed by atoms with van der Waals surface area (Å²) in [5, 5.41) is 0. The molecule has 0 bridgehead atoms. The topological polar surface area (TPSA) is 0 Å². The first kappa shape index (κ1) is 22.6. The van der Waals surface area contributed by atoms with Crippen molar-refractivity contribution in [3.63, 3.8) is 0 Å². The Morgan fingerprint density at radius 3 is 1.42 bits per heavy atom. The zero-order valence-electron chi connectivity index (χ0n) is 17.2. The van der Waals surface area contributed by atoms with E-state index < -0.39 is 0 Å². The standard InChI is InChI=1S/C22H42B.BrH/c1-15(2)21-9-7-17(5)11-19(21)13-23-14-20-12-18(6)8-10-22(20)16(3)4;/h15-22H,7-14H2,1-6H3;1H/q+1;/p-1/t17-,18-,19-,20-,21+,22+;/m1./s1. The van der Waals surface area contributed by atoms with Crippen LogP contribution in [-0.4, -0.2) is 7.28 Å². The molecule has 24 heavy (non-hydrogen) atoms. The van der Waals surface area contributed by atoms with Gasteiger partial charge in [0.1, 0.15) is 0 Å². The Bertz CT molecular complexity index is 309. The Morgan fingerprint density at radius 1 is 0.708 bits per heavy atom.